The highest BCUT2D eigenvalue weighted by Crippen LogP contribution is 2.39. The molecule has 1 unspecified atom stereocenters. The van der Waals surface area contributed by atoms with Gasteiger partial charge >= 0.3 is 0 Å². The Morgan fingerprint density at radius 1 is 1.60 bits per heavy atom. The van der Waals surface area contributed by atoms with E-state index < -0.39 is 20.9 Å². The highest BCUT2D eigenvalue weighted by atomic mass is 35.5. The van der Waals surface area contributed by atoms with Crippen molar-refractivity contribution in [1.29, 1.82) is 0 Å². The van der Waals surface area contributed by atoms with Gasteiger partial charge in [0.05, 0.1) is 0 Å². The summed E-state index contributed by atoms with van der Waals surface area (Å²) in [7, 11) is -3.19. The van der Waals surface area contributed by atoms with E-state index in [4.69, 9.17) is 16.3 Å². The maximum atomic E-state index is 10.9. The maximum Gasteiger partial charge on any atom is 0.193 e. The van der Waals surface area contributed by atoms with E-state index in [-0.39, 0.29) is 5.21 Å². The molecule has 0 spiro atoms. The molecule has 3 nitrogen and oxygen atoms in total. The van der Waals surface area contributed by atoms with Crippen molar-refractivity contribution >= 4 is 21.4 Å². The average molecular weight is 185 g/mol. The summed E-state index contributed by atoms with van der Waals surface area (Å²) in [4.78, 5) is 0. The van der Waals surface area contributed by atoms with Crippen LogP contribution in [0, 0.1) is 0 Å². The maximum absolute atomic E-state index is 10.9. The van der Waals surface area contributed by atoms with Crippen molar-refractivity contribution in [2.45, 2.75) is 24.9 Å². The number of epoxide rings is 1. The normalized spacial score (nSPS) is 30.1. The zero-order valence-corrected chi connectivity index (χ0v) is 7.37. The van der Waals surface area contributed by atoms with Gasteiger partial charge in [0.2, 0.25) is 0 Å². The first kappa shape index (κ1) is 8.30. The molecule has 0 aliphatic carbocycles. The lowest BCUT2D eigenvalue weighted by atomic mass is 10.3. The van der Waals surface area contributed by atoms with Crippen LogP contribution >= 0.6 is 11.6 Å². The van der Waals surface area contributed by atoms with Crippen LogP contribution in [0.2, 0.25) is 0 Å². The van der Waals surface area contributed by atoms with Crippen molar-refractivity contribution in [1.82, 2.24) is 0 Å². The van der Waals surface area contributed by atoms with E-state index in [1.54, 1.807) is 13.8 Å². The van der Waals surface area contributed by atoms with E-state index in [1.165, 1.54) is 0 Å². The van der Waals surface area contributed by atoms with Crippen LogP contribution in [0.4, 0.5) is 0 Å². The second kappa shape index (κ2) is 2.09. The molecule has 0 saturated carbocycles. The van der Waals surface area contributed by atoms with Crippen molar-refractivity contribution in [2.75, 3.05) is 5.21 Å². The fourth-order valence-electron chi connectivity index (χ4n) is 0.805. The van der Waals surface area contributed by atoms with Gasteiger partial charge < -0.3 is 4.74 Å². The molecule has 0 aromatic heterocycles. The Bertz CT molecular complexity index is 231. The third-order valence-corrected chi connectivity index (χ3v) is 3.93. The predicted molar refractivity (Wildman–Crippen MR) is 38.6 cm³/mol. The van der Waals surface area contributed by atoms with Gasteiger partial charge in [0.15, 0.2) is 15.3 Å². The first-order chi connectivity index (χ1) is 4.40. The molecule has 5 heteroatoms. The fraction of sp³-hybridized carbons (Fsp3) is 1.00. The molecule has 1 fully saturated rings. The molecule has 0 amide bonds. The minimum Gasteiger partial charge on any atom is -0.349 e. The Balaban J connectivity index is 2.73. The van der Waals surface area contributed by atoms with E-state index in [2.05, 4.69) is 0 Å². The van der Waals surface area contributed by atoms with Crippen molar-refractivity contribution in [3.8, 4) is 0 Å². The molecular formula is C5H9ClO3S. The summed E-state index contributed by atoms with van der Waals surface area (Å²) in [6.07, 6.45) is 0. The van der Waals surface area contributed by atoms with Gasteiger partial charge in [-0.3, -0.25) is 0 Å². The first-order valence-corrected chi connectivity index (χ1v) is 5.10. The summed E-state index contributed by atoms with van der Waals surface area (Å²) in [6, 6.07) is 0. The van der Waals surface area contributed by atoms with Gasteiger partial charge in [-0.1, -0.05) is 0 Å². The quantitative estimate of drug-likeness (QED) is 0.470. The van der Waals surface area contributed by atoms with Crippen LogP contribution in [-0.4, -0.2) is 24.7 Å². The molecule has 0 aromatic rings. The third-order valence-electron chi connectivity index (χ3n) is 1.40. The highest BCUT2D eigenvalue weighted by Gasteiger charge is 2.56. The van der Waals surface area contributed by atoms with Gasteiger partial charge in [-0.25, -0.2) is 8.42 Å². The average Bonchev–Trinajstić information content (AvgIpc) is 2.41. The molecule has 1 saturated heterocycles. The lowest BCUT2D eigenvalue weighted by molar-refractivity contribution is 0.337. The number of sulfone groups is 1. The Labute approximate surface area is 65.2 Å². The molecule has 0 radical (unpaired) electrons. The van der Waals surface area contributed by atoms with Crippen molar-refractivity contribution in [3.63, 3.8) is 0 Å². The van der Waals surface area contributed by atoms with Gasteiger partial charge in [-0.15, -0.1) is 11.6 Å². The molecule has 0 aromatic carbocycles. The smallest absolute Gasteiger partial charge is 0.193 e. The summed E-state index contributed by atoms with van der Waals surface area (Å²) in [5, 5.41) is -0.360. The molecule has 1 atom stereocenters. The number of rotatable bonds is 2. The standard InChI is InChI=1S/C5H9ClO3S/c1-5(2)4(9-5)10(7,8)3-6/h4H,3H2,1-2H3. The molecular weight excluding hydrogens is 176 g/mol. The summed E-state index contributed by atoms with van der Waals surface area (Å²) >= 11 is 5.19. The molecule has 1 aliphatic heterocycles. The number of ether oxygens (including phenoxy) is 1. The molecule has 1 rings (SSSR count). The minimum atomic E-state index is -3.19. The van der Waals surface area contributed by atoms with E-state index in [0.29, 0.717) is 0 Å². The van der Waals surface area contributed by atoms with Crippen LogP contribution in [0.25, 0.3) is 0 Å². The largest absolute Gasteiger partial charge is 0.349 e. The number of hydrogen-bond acceptors (Lipinski definition) is 3. The van der Waals surface area contributed by atoms with E-state index in [0.717, 1.165) is 0 Å². The van der Waals surface area contributed by atoms with Gasteiger partial charge in [-0.2, -0.15) is 0 Å². The number of halogens is 1. The number of alkyl halides is 1. The summed E-state index contributed by atoms with van der Waals surface area (Å²) in [6.45, 7) is 3.45. The summed E-state index contributed by atoms with van der Waals surface area (Å²) < 4.78 is 26.7. The molecule has 0 N–H and O–H groups in total. The molecule has 1 aliphatic rings. The number of hydrogen-bond donors (Lipinski definition) is 0. The topological polar surface area (TPSA) is 46.7 Å². The minimum absolute atomic E-state index is 0.360. The Morgan fingerprint density at radius 2 is 2.00 bits per heavy atom. The van der Waals surface area contributed by atoms with Crippen molar-refractivity contribution in [3.05, 3.63) is 0 Å². The molecule has 60 valence electrons. The van der Waals surface area contributed by atoms with Crippen molar-refractivity contribution < 1.29 is 13.2 Å². The zero-order chi connectivity index (χ0) is 7.99. The third kappa shape index (κ3) is 1.28. The zero-order valence-electron chi connectivity index (χ0n) is 5.80. The van der Waals surface area contributed by atoms with Crippen LogP contribution in [0.5, 0.6) is 0 Å². The van der Waals surface area contributed by atoms with Crippen LogP contribution in [0.1, 0.15) is 13.8 Å². The molecule has 1 heterocycles. The lowest BCUT2D eigenvalue weighted by Crippen LogP contribution is -2.15. The highest BCUT2D eigenvalue weighted by molar-refractivity contribution is 7.93. The second-order valence-electron chi connectivity index (χ2n) is 2.83. The fourth-order valence-corrected chi connectivity index (χ4v) is 2.52. The monoisotopic (exact) mass is 184 g/mol. The van der Waals surface area contributed by atoms with Crippen LogP contribution in [0.15, 0.2) is 0 Å². The second-order valence-corrected chi connectivity index (χ2v) is 5.45. The first-order valence-electron chi connectivity index (χ1n) is 2.85. The van der Waals surface area contributed by atoms with Gasteiger partial charge in [0.1, 0.15) is 10.8 Å². The van der Waals surface area contributed by atoms with E-state index in [1.807, 2.05) is 0 Å². The van der Waals surface area contributed by atoms with E-state index in [9.17, 15) is 8.42 Å². The van der Waals surface area contributed by atoms with Gasteiger partial charge in [-0.05, 0) is 13.8 Å². The van der Waals surface area contributed by atoms with Crippen molar-refractivity contribution in [2.24, 2.45) is 0 Å². The summed E-state index contributed by atoms with van der Waals surface area (Å²) in [5.41, 5.74) is -1.20. The lowest BCUT2D eigenvalue weighted by Gasteiger charge is -1.94. The van der Waals surface area contributed by atoms with Crippen LogP contribution < -0.4 is 0 Å². The molecule has 0 bridgehead atoms. The summed E-state index contributed by atoms with van der Waals surface area (Å²) in [5.74, 6) is 0. The molecule has 10 heavy (non-hydrogen) atoms. The SMILES string of the molecule is CC1(C)OC1S(=O)(=O)CCl. The van der Waals surface area contributed by atoms with Crippen LogP contribution in [-0.2, 0) is 14.6 Å². The predicted octanol–water partition coefficient (Wildman–Crippen LogP) is 0.732. The van der Waals surface area contributed by atoms with Crippen LogP contribution in [0.3, 0.4) is 0 Å². The Morgan fingerprint density at radius 3 is 2.10 bits per heavy atom. The van der Waals surface area contributed by atoms with Gasteiger partial charge in [0, 0.05) is 0 Å². The van der Waals surface area contributed by atoms with Gasteiger partial charge in [0.25, 0.3) is 0 Å². The van der Waals surface area contributed by atoms with E-state index >= 15 is 0 Å². The Kier molecular flexibility index (Phi) is 1.74. The Hall–Kier alpha value is 0.200.